The highest BCUT2D eigenvalue weighted by molar-refractivity contribution is 5.85. The Hall–Kier alpha value is -0.560. The average Bonchev–Trinajstić information content (AvgIpc) is 3.30. The fourth-order valence-electron chi connectivity index (χ4n) is 4.60. The zero-order valence-electron chi connectivity index (χ0n) is 18.8. The predicted octanol–water partition coefficient (Wildman–Crippen LogP) is 4.23. The lowest BCUT2D eigenvalue weighted by molar-refractivity contribution is -0.150. The summed E-state index contributed by atoms with van der Waals surface area (Å²) in [6, 6.07) is 1.29. The third kappa shape index (κ3) is 10.7. The summed E-state index contributed by atoms with van der Waals surface area (Å²) in [5.74, 6) is -0.600. The molecule has 2 fully saturated rings. The molecule has 2 aliphatic rings. The topological polar surface area (TPSA) is 59.1 Å². The van der Waals surface area contributed by atoms with Crippen molar-refractivity contribution in [3.63, 3.8) is 0 Å². The SMILES string of the molecule is CCCC1CCCN1CCOC(=O)CCC(=O)OCCN1CCCC1CCC.Cl.Cl. The average molecular weight is 469 g/mol. The minimum atomic E-state index is -0.300. The van der Waals surface area contributed by atoms with Crippen molar-refractivity contribution >= 4 is 36.8 Å². The lowest BCUT2D eigenvalue weighted by atomic mass is 10.1. The van der Waals surface area contributed by atoms with Crippen LogP contribution < -0.4 is 0 Å². The molecule has 0 radical (unpaired) electrons. The molecular weight excluding hydrogens is 427 g/mol. The summed E-state index contributed by atoms with van der Waals surface area (Å²) in [6.45, 7) is 9.07. The summed E-state index contributed by atoms with van der Waals surface area (Å²) in [5, 5.41) is 0. The Kier molecular flexibility index (Phi) is 16.7. The van der Waals surface area contributed by atoms with Gasteiger partial charge < -0.3 is 9.47 Å². The van der Waals surface area contributed by atoms with Crippen LogP contribution in [0.5, 0.6) is 0 Å². The summed E-state index contributed by atoms with van der Waals surface area (Å²) >= 11 is 0. The van der Waals surface area contributed by atoms with Gasteiger partial charge in [0.2, 0.25) is 0 Å². The smallest absolute Gasteiger partial charge is 0.306 e. The van der Waals surface area contributed by atoms with Crippen molar-refractivity contribution in [2.24, 2.45) is 0 Å². The number of esters is 2. The minimum Gasteiger partial charge on any atom is -0.464 e. The number of hydrogen-bond donors (Lipinski definition) is 0. The molecule has 6 nitrogen and oxygen atoms in total. The van der Waals surface area contributed by atoms with E-state index in [2.05, 4.69) is 23.6 Å². The van der Waals surface area contributed by atoms with Crippen LogP contribution >= 0.6 is 24.8 Å². The van der Waals surface area contributed by atoms with Gasteiger partial charge in [0.25, 0.3) is 0 Å². The Morgan fingerprint density at radius 1 is 0.767 bits per heavy atom. The van der Waals surface area contributed by atoms with Crippen molar-refractivity contribution in [2.75, 3.05) is 39.4 Å². The number of carbonyl (C=O) groups is 2. The van der Waals surface area contributed by atoms with Crippen LogP contribution in [0.3, 0.4) is 0 Å². The van der Waals surface area contributed by atoms with E-state index in [1.807, 2.05) is 0 Å². The first-order valence-corrected chi connectivity index (χ1v) is 11.4. The number of likely N-dealkylation sites (tertiary alicyclic amines) is 2. The van der Waals surface area contributed by atoms with Crippen molar-refractivity contribution in [2.45, 2.75) is 90.1 Å². The maximum absolute atomic E-state index is 11.9. The molecule has 0 aliphatic carbocycles. The van der Waals surface area contributed by atoms with E-state index >= 15 is 0 Å². The third-order valence-corrected chi connectivity index (χ3v) is 6.06. The molecule has 2 heterocycles. The molecule has 0 aromatic heterocycles. The van der Waals surface area contributed by atoms with Crippen LogP contribution in [0.4, 0.5) is 0 Å². The zero-order chi connectivity index (χ0) is 20.2. The van der Waals surface area contributed by atoms with Crippen LogP contribution in [0.1, 0.15) is 78.1 Å². The van der Waals surface area contributed by atoms with Gasteiger partial charge in [0.15, 0.2) is 0 Å². The molecule has 0 bridgehead atoms. The van der Waals surface area contributed by atoms with Gasteiger partial charge in [0.1, 0.15) is 13.2 Å². The number of rotatable bonds is 13. The second-order valence-electron chi connectivity index (χ2n) is 8.18. The summed E-state index contributed by atoms with van der Waals surface area (Å²) in [7, 11) is 0. The monoisotopic (exact) mass is 468 g/mol. The molecule has 178 valence electrons. The minimum absolute atomic E-state index is 0. The molecule has 2 unspecified atom stereocenters. The molecule has 0 aromatic rings. The van der Waals surface area contributed by atoms with E-state index < -0.39 is 0 Å². The van der Waals surface area contributed by atoms with Gasteiger partial charge in [-0.25, -0.2) is 0 Å². The van der Waals surface area contributed by atoms with E-state index in [9.17, 15) is 9.59 Å². The summed E-state index contributed by atoms with van der Waals surface area (Å²) in [5.41, 5.74) is 0. The van der Waals surface area contributed by atoms with Gasteiger partial charge in [0, 0.05) is 25.2 Å². The van der Waals surface area contributed by atoms with Gasteiger partial charge in [0.05, 0.1) is 12.8 Å². The van der Waals surface area contributed by atoms with Gasteiger partial charge in [-0.15, -0.1) is 24.8 Å². The lowest BCUT2D eigenvalue weighted by Gasteiger charge is -2.23. The van der Waals surface area contributed by atoms with E-state index in [0.717, 1.165) is 26.2 Å². The van der Waals surface area contributed by atoms with E-state index in [-0.39, 0.29) is 49.6 Å². The van der Waals surface area contributed by atoms with Crippen LogP contribution in [-0.4, -0.2) is 73.2 Å². The van der Waals surface area contributed by atoms with Gasteiger partial charge in [-0.2, -0.15) is 0 Å². The normalized spacial score (nSPS) is 21.7. The van der Waals surface area contributed by atoms with Gasteiger partial charge in [-0.3, -0.25) is 19.4 Å². The van der Waals surface area contributed by atoms with Crippen molar-refractivity contribution in [1.82, 2.24) is 9.80 Å². The molecule has 0 aromatic carbocycles. The number of nitrogens with zero attached hydrogens (tertiary/aromatic N) is 2. The Morgan fingerprint density at radius 2 is 1.17 bits per heavy atom. The third-order valence-electron chi connectivity index (χ3n) is 6.06. The molecule has 0 amide bonds. The standard InChI is InChI=1S/C22H40N2O4.2ClH/c1-3-7-19-9-5-13-23(19)15-17-27-21(25)11-12-22(26)28-18-16-24-14-6-10-20(24)8-4-2;;/h19-20H,3-18H2,1-2H3;2*1H. The number of carbonyl (C=O) groups excluding carboxylic acids is 2. The fourth-order valence-corrected chi connectivity index (χ4v) is 4.60. The second-order valence-corrected chi connectivity index (χ2v) is 8.18. The van der Waals surface area contributed by atoms with Crippen molar-refractivity contribution in [1.29, 1.82) is 0 Å². The van der Waals surface area contributed by atoms with Crippen LogP contribution in [0.2, 0.25) is 0 Å². The van der Waals surface area contributed by atoms with Crippen molar-refractivity contribution in [3.8, 4) is 0 Å². The van der Waals surface area contributed by atoms with E-state index in [4.69, 9.17) is 9.47 Å². The van der Waals surface area contributed by atoms with E-state index in [0.29, 0.717) is 25.3 Å². The predicted molar refractivity (Wildman–Crippen MR) is 125 cm³/mol. The second kappa shape index (κ2) is 17.0. The van der Waals surface area contributed by atoms with Crippen LogP contribution in [0.25, 0.3) is 0 Å². The Morgan fingerprint density at radius 3 is 1.53 bits per heavy atom. The summed E-state index contributed by atoms with van der Waals surface area (Å²) < 4.78 is 10.6. The Labute approximate surface area is 195 Å². The molecular formula is C22H42Cl2N2O4. The lowest BCUT2D eigenvalue weighted by Crippen LogP contribution is -2.33. The molecule has 2 atom stereocenters. The molecule has 30 heavy (non-hydrogen) atoms. The van der Waals surface area contributed by atoms with Crippen molar-refractivity contribution in [3.05, 3.63) is 0 Å². The molecule has 0 N–H and O–H groups in total. The maximum Gasteiger partial charge on any atom is 0.306 e. The van der Waals surface area contributed by atoms with E-state index in [1.165, 1.54) is 51.4 Å². The maximum atomic E-state index is 11.9. The summed E-state index contributed by atoms with van der Waals surface area (Å²) in [4.78, 5) is 28.6. The van der Waals surface area contributed by atoms with Crippen LogP contribution in [0.15, 0.2) is 0 Å². The number of ether oxygens (including phenoxy) is 2. The highest BCUT2D eigenvalue weighted by atomic mass is 35.5. The Balaban J connectivity index is 0.00000420. The van der Waals surface area contributed by atoms with Crippen LogP contribution in [-0.2, 0) is 19.1 Å². The van der Waals surface area contributed by atoms with Gasteiger partial charge in [-0.1, -0.05) is 26.7 Å². The largest absolute Gasteiger partial charge is 0.464 e. The molecule has 2 rings (SSSR count). The Bertz CT molecular complexity index is 440. The first kappa shape index (κ1) is 29.4. The molecule has 8 heteroatoms. The zero-order valence-corrected chi connectivity index (χ0v) is 20.4. The summed E-state index contributed by atoms with van der Waals surface area (Å²) in [6.07, 6.45) is 10.0. The molecule has 0 spiro atoms. The van der Waals surface area contributed by atoms with Crippen molar-refractivity contribution < 1.29 is 19.1 Å². The highest BCUT2D eigenvalue weighted by Gasteiger charge is 2.24. The molecule has 2 aliphatic heterocycles. The van der Waals surface area contributed by atoms with Crippen LogP contribution in [0, 0.1) is 0 Å². The number of hydrogen-bond acceptors (Lipinski definition) is 6. The molecule has 2 saturated heterocycles. The first-order valence-electron chi connectivity index (χ1n) is 11.4. The fraction of sp³-hybridized carbons (Fsp3) is 0.909. The van der Waals surface area contributed by atoms with Gasteiger partial charge >= 0.3 is 11.9 Å². The quantitative estimate of drug-likeness (QED) is 0.377. The van der Waals surface area contributed by atoms with E-state index in [1.54, 1.807) is 0 Å². The molecule has 0 saturated carbocycles. The highest BCUT2D eigenvalue weighted by Crippen LogP contribution is 2.21. The number of halogens is 2. The van der Waals surface area contributed by atoms with Gasteiger partial charge in [-0.05, 0) is 51.6 Å². The first-order chi connectivity index (χ1) is 13.6.